The van der Waals surface area contributed by atoms with E-state index in [2.05, 4.69) is 5.32 Å². The van der Waals surface area contributed by atoms with Crippen molar-refractivity contribution >= 4 is 17.3 Å². The fourth-order valence-corrected chi connectivity index (χ4v) is 4.05. The molecule has 7 heteroatoms. The van der Waals surface area contributed by atoms with Gasteiger partial charge < -0.3 is 15.0 Å². The molecule has 0 bridgehead atoms. The molecular formula is C24H29F3N2OS. The van der Waals surface area contributed by atoms with E-state index in [1.54, 1.807) is 0 Å². The summed E-state index contributed by atoms with van der Waals surface area (Å²) in [6.45, 7) is 0.665. The maximum Gasteiger partial charge on any atom is 0.416 e. The number of thiocarbonyl (C=S) groups is 1. The first-order chi connectivity index (χ1) is 14.8. The molecule has 31 heavy (non-hydrogen) atoms. The summed E-state index contributed by atoms with van der Waals surface area (Å²) in [6.07, 6.45) is 2.06. The number of nitrogens with zero attached hydrogens (tertiary/aromatic N) is 1. The van der Waals surface area contributed by atoms with Gasteiger partial charge in [-0.3, -0.25) is 0 Å². The Bertz CT molecular complexity index is 821. The summed E-state index contributed by atoms with van der Waals surface area (Å²) in [5.74, 6) is 0.410. The minimum atomic E-state index is -4.36. The SMILES string of the molecule is CN(CCC(Oc1ccc(C(F)(F)F)cc1)c1ccccc1)C(=S)NC1CCCCC1. The van der Waals surface area contributed by atoms with Crippen molar-refractivity contribution in [1.82, 2.24) is 10.2 Å². The highest BCUT2D eigenvalue weighted by Crippen LogP contribution is 2.32. The quantitative estimate of drug-likeness (QED) is 0.497. The molecule has 3 rings (SSSR count). The first kappa shape index (κ1) is 23.4. The van der Waals surface area contributed by atoms with Gasteiger partial charge in [-0.25, -0.2) is 0 Å². The molecule has 0 radical (unpaired) electrons. The van der Waals surface area contributed by atoms with E-state index in [1.165, 1.54) is 31.4 Å². The molecule has 2 aromatic carbocycles. The molecule has 0 aromatic heterocycles. The Morgan fingerprint density at radius 1 is 1.06 bits per heavy atom. The van der Waals surface area contributed by atoms with Crippen LogP contribution in [0.1, 0.15) is 55.8 Å². The maximum atomic E-state index is 12.8. The van der Waals surface area contributed by atoms with Gasteiger partial charge >= 0.3 is 6.18 Å². The zero-order chi connectivity index (χ0) is 22.3. The second-order valence-electron chi connectivity index (χ2n) is 8.03. The lowest BCUT2D eigenvalue weighted by Crippen LogP contribution is -2.44. The minimum Gasteiger partial charge on any atom is -0.486 e. The summed E-state index contributed by atoms with van der Waals surface area (Å²) in [6, 6.07) is 15.0. The van der Waals surface area contributed by atoms with E-state index in [9.17, 15) is 13.2 Å². The molecule has 2 aromatic rings. The zero-order valence-corrected chi connectivity index (χ0v) is 18.5. The molecule has 0 saturated heterocycles. The van der Waals surface area contributed by atoms with Crippen LogP contribution >= 0.6 is 12.2 Å². The second-order valence-corrected chi connectivity index (χ2v) is 8.42. The lowest BCUT2D eigenvalue weighted by atomic mass is 9.96. The molecule has 1 saturated carbocycles. The largest absolute Gasteiger partial charge is 0.486 e. The number of alkyl halides is 3. The van der Waals surface area contributed by atoms with Crippen LogP contribution in [0.3, 0.4) is 0 Å². The number of benzene rings is 2. The molecule has 0 spiro atoms. The third-order valence-corrected chi connectivity index (χ3v) is 6.07. The Morgan fingerprint density at radius 2 is 1.71 bits per heavy atom. The summed E-state index contributed by atoms with van der Waals surface area (Å²) >= 11 is 5.57. The third kappa shape index (κ3) is 7.13. The van der Waals surface area contributed by atoms with Gasteiger partial charge in [-0.2, -0.15) is 13.2 Å². The Morgan fingerprint density at radius 3 is 2.32 bits per heavy atom. The number of rotatable bonds is 7. The van der Waals surface area contributed by atoms with Crippen LogP contribution < -0.4 is 10.1 Å². The minimum absolute atomic E-state index is 0.294. The number of halogens is 3. The van der Waals surface area contributed by atoms with Crippen LogP contribution in [-0.4, -0.2) is 29.6 Å². The summed E-state index contributed by atoms with van der Waals surface area (Å²) in [5.41, 5.74) is 0.289. The zero-order valence-electron chi connectivity index (χ0n) is 17.7. The first-order valence-electron chi connectivity index (χ1n) is 10.7. The van der Waals surface area contributed by atoms with Gasteiger partial charge in [-0.1, -0.05) is 49.6 Å². The summed E-state index contributed by atoms with van der Waals surface area (Å²) in [7, 11) is 1.96. The van der Waals surface area contributed by atoms with Crippen molar-refractivity contribution in [3.8, 4) is 5.75 Å². The molecular weight excluding hydrogens is 421 g/mol. The molecule has 1 atom stereocenters. The predicted octanol–water partition coefficient (Wildman–Crippen LogP) is 6.35. The summed E-state index contributed by atoms with van der Waals surface area (Å²) in [5, 5.41) is 4.19. The Balaban J connectivity index is 1.62. The number of nitrogens with one attached hydrogen (secondary N) is 1. The molecule has 0 aliphatic heterocycles. The van der Waals surface area contributed by atoms with Crippen molar-refractivity contribution in [2.45, 2.75) is 56.8 Å². The van der Waals surface area contributed by atoms with E-state index in [0.29, 0.717) is 24.8 Å². The lowest BCUT2D eigenvalue weighted by molar-refractivity contribution is -0.137. The van der Waals surface area contributed by atoms with Gasteiger partial charge in [0.15, 0.2) is 5.11 Å². The average Bonchev–Trinajstić information content (AvgIpc) is 2.77. The van der Waals surface area contributed by atoms with Crippen molar-refractivity contribution in [3.05, 3.63) is 65.7 Å². The van der Waals surface area contributed by atoms with Gasteiger partial charge in [-0.05, 0) is 54.9 Å². The third-order valence-electron chi connectivity index (χ3n) is 5.64. The van der Waals surface area contributed by atoms with Crippen molar-refractivity contribution in [2.24, 2.45) is 0 Å². The van der Waals surface area contributed by atoms with Crippen molar-refractivity contribution in [3.63, 3.8) is 0 Å². The van der Waals surface area contributed by atoms with Gasteiger partial charge in [-0.15, -0.1) is 0 Å². The molecule has 1 fully saturated rings. The summed E-state index contributed by atoms with van der Waals surface area (Å²) in [4.78, 5) is 2.01. The molecule has 1 aliphatic rings. The average molecular weight is 451 g/mol. The highest BCUT2D eigenvalue weighted by Gasteiger charge is 2.30. The Kier molecular flexibility index (Phi) is 8.18. The summed E-state index contributed by atoms with van der Waals surface area (Å²) < 4.78 is 44.6. The van der Waals surface area contributed by atoms with E-state index in [1.807, 2.05) is 42.3 Å². The van der Waals surface area contributed by atoms with Crippen molar-refractivity contribution in [1.29, 1.82) is 0 Å². The Hall–Kier alpha value is -2.28. The molecule has 0 amide bonds. The molecule has 168 valence electrons. The maximum absolute atomic E-state index is 12.8. The lowest BCUT2D eigenvalue weighted by Gasteiger charge is -2.29. The van der Waals surface area contributed by atoms with Crippen LogP contribution in [0.2, 0.25) is 0 Å². The topological polar surface area (TPSA) is 24.5 Å². The van der Waals surface area contributed by atoms with Crippen LogP contribution in [0.4, 0.5) is 13.2 Å². The number of hydrogen-bond acceptors (Lipinski definition) is 2. The van der Waals surface area contributed by atoms with E-state index in [4.69, 9.17) is 17.0 Å². The molecule has 0 heterocycles. The molecule has 1 unspecified atom stereocenters. The molecule has 3 nitrogen and oxygen atoms in total. The Labute approximate surface area is 187 Å². The number of ether oxygens (including phenoxy) is 1. The standard InChI is InChI=1S/C24H29F3N2OS/c1-29(23(31)28-20-10-6-3-7-11-20)17-16-22(18-8-4-2-5-9-18)30-21-14-12-19(13-15-21)24(25,26)27/h2,4-5,8-9,12-15,20,22H,3,6-7,10-11,16-17H2,1H3,(H,28,31). The normalized spacial score (nSPS) is 15.9. The molecule has 1 N–H and O–H groups in total. The van der Waals surface area contributed by atoms with Gasteiger partial charge in [0.1, 0.15) is 11.9 Å². The number of hydrogen-bond donors (Lipinski definition) is 1. The van der Waals surface area contributed by atoms with Gasteiger partial charge in [0, 0.05) is 26.1 Å². The smallest absolute Gasteiger partial charge is 0.416 e. The van der Waals surface area contributed by atoms with Gasteiger partial charge in [0.25, 0.3) is 0 Å². The fourth-order valence-electron chi connectivity index (χ4n) is 3.79. The van der Waals surface area contributed by atoms with E-state index in [-0.39, 0.29) is 6.10 Å². The van der Waals surface area contributed by atoms with Crippen molar-refractivity contribution in [2.75, 3.05) is 13.6 Å². The van der Waals surface area contributed by atoms with Crippen LogP contribution in [0.25, 0.3) is 0 Å². The first-order valence-corrected chi connectivity index (χ1v) is 11.1. The predicted molar refractivity (Wildman–Crippen MR) is 121 cm³/mol. The highest BCUT2D eigenvalue weighted by molar-refractivity contribution is 7.80. The van der Waals surface area contributed by atoms with E-state index >= 15 is 0 Å². The van der Waals surface area contributed by atoms with Gasteiger partial charge in [0.05, 0.1) is 5.56 Å². The van der Waals surface area contributed by atoms with Crippen LogP contribution in [0.5, 0.6) is 5.75 Å². The van der Waals surface area contributed by atoms with Crippen LogP contribution in [0.15, 0.2) is 54.6 Å². The van der Waals surface area contributed by atoms with E-state index in [0.717, 1.165) is 35.7 Å². The fraction of sp³-hybridized carbons (Fsp3) is 0.458. The van der Waals surface area contributed by atoms with Crippen LogP contribution in [-0.2, 0) is 6.18 Å². The second kappa shape index (κ2) is 10.8. The van der Waals surface area contributed by atoms with Gasteiger partial charge in [0.2, 0.25) is 0 Å². The van der Waals surface area contributed by atoms with Crippen LogP contribution in [0, 0.1) is 0 Å². The molecule has 1 aliphatic carbocycles. The van der Waals surface area contributed by atoms with Crippen molar-refractivity contribution < 1.29 is 17.9 Å². The van der Waals surface area contributed by atoms with E-state index < -0.39 is 11.7 Å². The monoisotopic (exact) mass is 450 g/mol. The highest BCUT2D eigenvalue weighted by atomic mass is 32.1.